The summed E-state index contributed by atoms with van der Waals surface area (Å²) < 4.78 is 25.2. The van der Waals surface area contributed by atoms with Crippen LogP contribution >= 0.6 is 0 Å². The van der Waals surface area contributed by atoms with Gasteiger partial charge in [-0.05, 0) is 80.7 Å². The van der Waals surface area contributed by atoms with Gasteiger partial charge < -0.3 is 15.1 Å². The maximum atomic E-state index is 12.6. The standard InChI is InChI=1S/C23H32N4O3S/c1-26(23(28)25-14-18-3-4-18)22-19-7-8-20(22)16-27(15-19)11-2-12-31(29,30)21-9-5-17(13-24)6-10-21/h5-6,9-10,18-20,22H,2-4,7-8,11-12,14-16H2,1H3,(H,25,28). The monoisotopic (exact) mass is 444 g/mol. The first-order valence-corrected chi connectivity index (χ1v) is 13.0. The highest BCUT2D eigenvalue weighted by molar-refractivity contribution is 7.91. The molecule has 2 atom stereocenters. The van der Waals surface area contributed by atoms with Crippen molar-refractivity contribution in [2.45, 2.75) is 43.0 Å². The van der Waals surface area contributed by atoms with Crippen LogP contribution in [-0.4, -0.2) is 69.3 Å². The van der Waals surface area contributed by atoms with Gasteiger partial charge in [-0.2, -0.15) is 5.26 Å². The molecule has 2 unspecified atom stereocenters. The van der Waals surface area contributed by atoms with Crippen molar-refractivity contribution < 1.29 is 13.2 Å². The molecule has 0 spiro atoms. The fourth-order valence-electron chi connectivity index (χ4n) is 5.25. The van der Waals surface area contributed by atoms with Crippen LogP contribution in [0.5, 0.6) is 0 Å². The molecule has 1 N–H and O–H groups in total. The van der Waals surface area contributed by atoms with E-state index >= 15 is 0 Å². The number of likely N-dealkylation sites (tertiary alicyclic amines) is 1. The summed E-state index contributed by atoms with van der Waals surface area (Å²) in [6, 6.07) is 8.48. The summed E-state index contributed by atoms with van der Waals surface area (Å²) in [4.78, 5) is 17.1. The highest BCUT2D eigenvalue weighted by atomic mass is 32.2. The molecule has 1 aliphatic heterocycles. The van der Waals surface area contributed by atoms with E-state index in [1.807, 2.05) is 18.0 Å². The van der Waals surface area contributed by atoms with Crippen molar-refractivity contribution >= 4 is 15.9 Å². The molecule has 3 fully saturated rings. The molecule has 7 nitrogen and oxygen atoms in total. The fraction of sp³-hybridized carbons (Fsp3) is 0.652. The Morgan fingerprint density at radius 1 is 1.16 bits per heavy atom. The number of nitrogens with zero attached hydrogens (tertiary/aromatic N) is 3. The number of urea groups is 1. The van der Waals surface area contributed by atoms with Gasteiger partial charge in [0.2, 0.25) is 0 Å². The molecule has 1 heterocycles. The minimum atomic E-state index is -3.34. The largest absolute Gasteiger partial charge is 0.338 e. The smallest absolute Gasteiger partial charge is 0.317 e. The highest BCUT2D eigenvalue weighted by Crippen LogP contribution is 2.39. The molecule has 2 bridgehead atoms. The van der Waals surface area contributed by atoms with Crippen molar-refractivity contribution in [3.63, 3.8) is 0 Å². The molecule has 1 aromatic rings. The molecule has 3 aliphatic rings. The number of hydrogen-bond acceptors (Lipinski definition) is 5. The predicted octanol–water partition coefficient (Wildman–Crippen LogP) is 2.48. The van der Waals surface area contributed by atoms with Crippen molar-refractivity contribution in [3.05, 3.63) is 29.8 Å². The van der Waals surface area contributed by atoms with E-state index < -0.39 is 9.84 Å². The van der Waals surface area contributed by atoms with Gasteiger partial charge >= 0.3 is 6.03 Å². The van der Waals surface area contributed by atoms with Crippen LogP contribution in [0, 0.1) is 29.1 Å². The number of fused-ring (bicyclic) bond motifs is 2. The highest BCUT2D eigenvalue weighted by Gasteiger charge is 2.45. The lowest BCUT2D eigenvalue weighted by molar-refractivity contribution is 0.0769. The first-order valence-electron chi connectivity index (χ1n) is 11.3. The van der Waals surface area contributed by atoms with E-state index in [0.717, 1.165) is 39.0 Å². The molecular weight excluding hydrogens is 412 g/mol. The Balaban J connectivity index is 1.26. The summed E-state index contributed by atoms with van der Waals surface area (Å²) in [6.45, 7) is 3.41. The van der Waals surface area contributed by atoms with Crippen molar-refractivity contribution in [2.75, 3.05) is 39.0 Å². The number of rotatable bonds is 8. The summed E-state index contributed by atoms with van der Waals surface area (Å²) in [7, 11) is -1.41. The average molecular weight is 445 g/mol. The Bertz CT molecular complexity index is 923. The van der Waals surface area contributed by atoms with Gasteiger partial charge in [0.05, 0.1) is 22.3 Å². The zero-order valence-corrected chi connectivity index (χ0v) is 19.0. The number of carbonyl (C=O) groups is 1. The molecule has 8 heteroatoms. The SMILES string of the molecule is CN(C(=O)NCC1CC1)C1C2CCC1CN(CCCS(=O)(=O)c1ccc(C#N)cc1)C2. The van der Waals surface area contributed by atoms with Crippen molar-refractivity contribution in [3.8, 4) is 6.07 Å². The van der Waals surface area contributed by atoms with Crippen molar-refractivity contribution in [2.24, 2.45) is 17.8 Å². The lowest BCUT2D eigenvalue weighted by Gasteiger charge is -2.42. The van der Waals surface area contributed by atoms with Crippen LogP contribution < -0.4 is 5.32 Å². The van der Waals surface area contributed by atoms with E-state index in [-0.39, 0.29) is 22.7 Å². The third-order valence-electron chi connectivity index (χ3n) is 7.10. The van der Waals surface area contributed by atoms with E-state index in [2.05, 4.69) is 10.2 Å². The third kappa shape index (κ3) is 5.21. The minimum Gasteiger partial charge on any atom is -0.338 e. The molecule has 2 aliphatic carbocycles. The fourth-order valence-corrected chi connectivity index (χ4v) is 6.55. The van der Waals surface area contributed by atoms with E-state index in [0.29, 0.717) is 29.7 Å². The zero-order chi connectivity index (χ0) is 22.0. The molecular formula is C23H32N4O3S. The van der Waals surface area contributed by atoms with Crippen LogP contribution in [0.25, 0.3) is 0 Å². The second-order valence-electron chi connectivity index (χ2n) is 9.40. The number of benzene rings is 1. The lowest BCUT2D eigenvalue weighted by Crippen LogP contribution is -2.55. The molecule has 1 aromatic carbocycles. The van der Waals surface area contributed by atoms with Crippen LogP contribution in [0.4, 0.5) is 4.79 Å². The van der Waals surface area contributed by atoms with E-state index in [9.17, 15) is 13.2 Å². The Morgan fingerprint density at radius 2 is 1.81 bits per heavy atom. The van der Waals surface area contributed by atoms with Crippen LogP contribution in [0.1, 0.15) is 37.7 Å². The number of nitrogens with one attached hydrogen (secondary N) is 1. The van der Waals surface area contributed by atoms with Crippen LogP contribution in [0.2, 0.25) is 0 Å². The quantitative estimate of drug-likeness (QED) is 0.665. The minimum absolute atomic E-state index is 0.0516. The molecule has 0 radical (unpaired) electrons. The molecule has 1 saturated heterocycles. The lowest BCUT2D eigenvalue weighted by atomic mass is 9.91. The van der Waals surface area contributed by atoms with Gasteiger partial charge in [-0.1, -0.05) is 0 Å². The van der Waals surface area contributed by atoms with Crippen LogP contribution in [0.3, 0.4) is 0 Å². The number of nitriles is 1. The van der Waals surface area contributed by atoms with Gasteiger partial charge in [-0.15, -0.1) is 0 Å². The molecule has 168 valence electrons. The topological polar surface area (TPSA) is 93.5 Å². The summed E-state index contributed by atoms with van der Waals surface area (Å²) >= 11 is 0. The van der Waals surface area contributed by atoms with Gasteiger partial charge in [0.25, 0.3) is 0 Å². The summed E-state index contributed by atoms with van der Waals surface area (Å²) in [6.07, 6.45) is 5.32. The molecule has 2 amide bonds. The number of carbonyl (C=O) groups excluding carboxylic acids is 1. The average Bonchev–Trinajstić information content (AvgIpc) is 3.55. The zero-order valence-electron chi connectivity index (χ0n) is 18.2. The van der Waals surface area contributed by atoms with Gasteiger partial charge in [0, 0.05) is 32.7 Å². The maximum Gasteiger partial charge on any atom is 0.317 e. The second kappa shape index (κ2) is 9.17. The number of hydrogen-bond donors (Lipinski definition) is 1. The Morgan fingerprint density at radius 3 is 2.39 bits per heavy atom. The molecule has 0 aromatic heterocycles. The molecule has 31 heavy (non-hydrogen) atoms. The van der Waals surface area contributed by atoms with Gasteiger partial charge in [-0.3, -0.25) is 0 Å². The van der Waals surface area contributed by atoms with E-state index in [1.165, 1.54) is 25.0 Å². The van der Waals surface area contributed by atoms with Gasteiger partial charge in [0.15, 0.2) is 9.84 Å². The van der Waals surface area contributed by atoms with Gasteiger partial charge in [0.1, 0.15) is 0 Å². The van der Waals surface area contributed by atoms with E-state index in [4.69, 9.17) is 5.26 Å². The Labute approximate surface area is 185 Å². The molecule has 4 rings (SSSR count). The van der Waals surface area contributed by atoms with Crippen molar-refractivity contribution in [1.29, 1.82) is 5.26 Å². The first kappa shape index (κ1) is 22.1. The van der Waals surface area contributed by atoms with E-state index in [1.54, 1.807) is 12.1 Å². The number of piperidine rings is 1. The Hall–Kier alpha value is -2.11. The summed E-state index contributed by atoms with van der Waals surface area (Å²) in [5.74, 6) is 1.71. The summed E-state index contributed by atoms with van der Waals surface area (Å²) in [5.41, 5.74) is 0.462. The van der Waals surface area contributed by atoms with Crippen LogP contribution in [0.15, 0.2) is 29.2 Å². The third-order valence-corrected chi connectivity index (χ3v) is 8.91. The normalized spacial score (nSPS) is 25.7. The molecule has 2 saturated carbocycles. The number of amides is 2. The summed E-state index contributed by atoms with van der Waals surface area (Å²) in [5, 5.41) is 12.0. The second-order valence-corrected chi connectivity index (χ2v) is 11.5. The number of sulfone groups is 1. The first-order chi connectivity index (χ1) is 14.9. The van der Waals surface area contributed by atoms with Crippen molar-refractivity contribution in [1.82, 2.24) is 15.1 Å². The maximum absolute atomic E-state index is 12.6. The Kier molecular flexibility index (Phi) is 6.54. The predicted molar refractivity (Wildman–Crippen MR) is 118 cm³/mol. The van der Waals surface area contributed by atoms with Crippen LogP contribution in [-0.2, 0) is 9.84 Å². The van der Waals surface area contributed by atoms with Gasteiger partial charge in [-0.25, -0.2) is 13.2 Å².